The van der Waals surface area contributed by atoms with Crippen LogP contribution in [0.1, 0.15) is 35.4 Å². The van der Waals surface area contributed by atoms with Crippen molar-refractivity contribution in [3.8, 4) is 0 Å². The minimum atomic E-state index is -0.145. The number of carbonyl (C=O) groups is 1. The maximum Gasteiger partial charge on any atom is 0.255 e. The van der Waals surface area contributed by atoms with E-state index in [1.807, 2.05) is 43.5 Å². The highest BCUT2D eigenvalue weighted by Crippen LogP contribution is 2.23. The van der Waals surface area contributed by atoms with Crippen LogP contribution < -0.4 is 5.32 Å². The summed E-state index contributed by atoms with van der Waals surface area (Å²) in [5.41, 5.74) is 3.28. The topological polar surface area (TPSA) is 64.7 Å². The average Bonchev–Trinajstić information content (AvgIpc) is 3.25. The lowest BCUT2D eigenvalue weighted by Gasteiger charge is -2.09. The lowest BCUT2D eigenvalue weighted by Crippen LogP contribution is -2.11. The molecule has 0 aliphatic rings. The summed E-state index contributed by atoms with van der Waals surface area (Å²) in [6, 6.07) is 13.2. The van der Waals surface area contributed by atoms with E-state index < -0.39 is 0 Å². The highest BCUT2D eigenvalue weighted by atomic mass is 79.9. The van der Waals surface area contributed by atoms with Gasteiger partial charge in [-0.1, -0.05) is 28.9 Å². The molecule has 0 saturated heterocycles. The van der Waals surface area contributed by atoms with Crippen molar-refractivity contribution in [3.05, 3.63) is 76.5 Å². The summed E-state index contributed by atoms with van der Waals surface area (Å²) < 4.78 is 5.20. The standard InChI is InChI=1S/C22H22BrN5O/c1-3-10-28-20-8-7-18(25-22(29)16-5-4-6-17(23)12-16)13-19(20)26-21(28)14-27-11-9-24-15(27)2/h4-9,11-13H,3,10,14H2,1-2H3,(H,25,29). The molecular formula is C22H22BrN5O. The number of benzene rings is 2. The molecule has 0 spiro atoms. The van der Waals surface area contributed by atoms with Crippen LogP contribution >= 0.6 is 15.9 Å². The molecule has 1 amide bonds. The Labute approximate surface area is 177 Å². The molecule has 4 rings (SSSR count). The molecule has 148 valence electrons. The fraction of sp³-hybridized carbons (Fsp3) is 0.227. The summed E-state index contributed by atoms with van der Waals surface area (Å²) in [6.45, 7) is 5.70. The number of fused-ring (bicyclic) bond motifs is 1. The van der Waals surface area contributed by atoms with Crippen LogP contribution in [0.5, 0.6) is 0 Å². The first kappa shape index (κ1) is 19.4. The molecule has 0 unspecified atom stereocenters. The van der Waals surface area contributed by atoms with Crippen LogP contribution in [0.3, 0.4) is 0 Å². The van der Waals surface area contributed by atoms with Crippen molar-refractivity contribution < 1.29 is 4.79 Å². The zero-order valence-corrected chi connectivity index (χ0v) is 18.0. The number of nitrogens with zero attached hydrogens (tertiary/aromatic N) is 4. The second kappa shape index (κ2) is 8.21. The van der Waals surface area contributed by atoms with Crippen LogP contribution in [0.25, 0.3) is 11.0 Å². The largest absolute Gasteiger partial charge is 0.328 e. The van der Waals surface area contributed by atoms with Gasteiger partial charge in [-0.15, -0.1) is 0 Å². The molecule has 29 heavy (non-hydrogen) atoms. The first-order valence-electron chi connectivity index (χ1n) is 9.59. The molecule has 0 saturated carbocycles. The number of hydrogen-bond acceptors (Lipinski definition) is 3. The highest BCUT2D eigenvalue weighted by molar-refractivity contribution is 9.10. The third kappa shape index (κ3) is 4.10. The number of halogens is 1. The number of rotatable bonds is 6. The first-order valence-corrected chi connectivity index (χ1v) is 10.4. The van der Waals surface area contributed by atoms with E-state index in [0.717, 1.165) is 45.8 Å². The van der Waals surface area contributed by atoms with Gasteiger partial charge in [-0.05, 0) is 49.7 Å². The minimum absolute atomic E-state index is 0.145. The molecule has 0 radical (unpaired) electrons. The molecule has 0 atom stereocenters. The zero-order valence-electron chi connectivity index (χ0n) is 16.4. The Morgan fingerprint density at radius 3 is 2.79 bits per heavy atom. The number of aryl methyl sites for hydroxylation is 2. The lowest BCUT2D eigenvalue weighted by atomic mass is 10.2. The lowest BCUT2D eigenvalue weighted by molar-refractivity contribution is 0.102. The van der Waals surface area contributed by atoms with E-state index in [0.29, 0.717) is 12.1 Å². The van der Waals surface area contributed by atoms with Crippen LogP contribution in [0.15, 0.2) is 59.3 Å². The van der Waals surface area contributed by atoms with Gasteiger partial charge in [0.1, 0.15) is 11.6 Å². The number of aromatic nitrogens is 4. The third-order valence-electron chi connectivity index (χ3n) is 4.85. The quantitative estimate of drug-likeness (QED) is 0.447. The van der Waals surface area contributed by atoms with Crippen LogP contribution in [0.4, 0.5) is 5.69 Å². The van der Waals surface area contributed by atoms with Gasteiger partial charge in [-0.2, -0.15) is 0 Å². The van der Waals surface area contributed by atoms with E-state index in [2.05, 4.69) is 42.3 Å². The van der Waals surface area contributed by atoms with Crippen molar-refractivity contribution in [1.82, 2.24) is 19.1 Å². The van der Waals surface area contributed by atoms with Crippen molar-refractivity contribution in [2.45, 2.75) is 33.4 Å². The van der Waals surface area contributed by atoms with Gasteiger partial charge in [-0.25, -0.2) is 9.97 Å². The van der Waals surface area contributed by atoms with Crippen molar-refractivity contribution in [2.75, 3.05) is 5.32 Å². The SMILES string of the molecule is CCCn1c(Cn2ccnc2C)nc2cc(NC(=O)c3cccc(Br)c3)ccc21. The Bertz CT molecular complexity index is 1180. The molecular weight excluding hydrogens is 430 g/mol. The first-order chi connectivity index (χ1) is 14.0. The molecule has 7 heteroatoms. The smallest absolute Gasteiger partial charge is 0.255 e. The monoisotopic (exact) mass is 451 g/mol. The molecule has 1 N–H and O–H groups in total. The van der Waals surface area contributed by atoms with Crippen LogP contribution in [-0.2, 0) is 13.1 Å². The number of carbonyl (C=O) groups excluding carboxylic acids is 1. The van der Waals surface area contributed by atoms with Crippen LogP contribution in [0.2, 0.25) is 0 Å². The van der Waals surface area contributed by atoms with Crippen molar-refractivity contribution in [3.63, 3.8) is 0 Å². The Kier molecular flexibility index (Phi) is 5.49. The number of anilines is 1. The van der Waals surface area contributed by atoms with Crippen LogP contribution in [-0.4, -0.2) is 25.0 Å². The van der Waals surface area contributed by atoms with Crippen molar-refractivity contribution in [1.29, 1.82) is 0 Å². The van der Waals surface area contributed by atoms with E-state index in [9.17, 15) is 4.79 Å². The molecule has 0 bridgehead atoms. The normalized spacial score (nSPS) is 11.1. The van der Waals surface area contributed by atoms with E-state index in [1.165, 1.54) is 0 Å². The third-order valence-corrected chi connectivity index (χ3v) is 5.35. The Hall–Kier alpha value is -2.93. The number of imidazole rings is 2. The van der Waals surface area contributed by atoms with E-state index in [1.54, 1.807) is 18.3 Å². The summed E-state index contributed by atoms with van der Waals surface area (Å²) in [6.07, 6.45) is 4.79. The summed E-state index contributed by atoms with van der Waals surface area (Å²) in [7, 11) is 0. The van der Waals surface area contributed by atoms with Gasteiger partial charge in [0, 0.05) is 34.7 Å². The maximum absolute atomic E-state index is 12.6. The molecule has 2 aromatic carbocycles. The Morgan fingerprint density at radius 2 is 2.07 bits per heavy atom. The molecule has 2 aromatic heterocycles. The number of amides is 1. The fourth-order valence-electron chi connectivity index (χ4n) is 3.41. The van der Waals surface area contributed by atoms with Crippen LogP contribution in [0, 0.1) is 6.92 Å². The average molecular weight is 452 g/mol. The van der Waals surface area contributed by atoms with Crippen molar-refractivity contribution >= 4 is 38.6 Å². The summed E-state index contributed by atoms with van der Waals surface area (Å²) in [5.74, 6) is 1.80. The fourth-order valence-corrected chi connectivity index (χ4v) is 3.81. The summed E-state index contributed by atoms with van der Waals surface area (Å²) in [5, 5.41) is 2.97. The maximum atomic E-state index is 12.6. The zero-order chi connectivity index (χ0) is 20.4. The molecule has 2 heterocycles. The minimum Gasteiger partial charge on any atom is -0.328 e. The van der Waals surface area contributed by atoms with Gasteiger partial charge in [0.15, 0.2) is 0 Å². The molecule has 0 fully saturated rings. The van der Waals surface area contributed by atoms with E-state index in [4.69, 9.17) is 4.98 Å². The van der Waals surface area contributed by atoms with Gasteiger partial charge in [-0.3, -0.25) is 4.79 Å². The molecule has 6 nitrogen and oxygen atoms in total. The second-order valence-electron chi connectivity index (χ2n) is 6.95. The number of hydrogen-bond donors (Lipinski definition) is 1. The second-order valence-corrected chi connectivity index (χ2v) is 7.87. The van der Waals surface area contributed by atoms with Gasteiger partial charge >= 0.3 is 0 Å². The van der Waals surface area contributed by atoms with Gasteiger partial charge in [0.2, 0.25) is 0 Å². The molecule has 0 aliphatic carbocycles. The van der Waals surface area contributed by atoms with E-state index in [-0.39, 0.29) is 5.91 Å². The van der Waals surface area contributed by atoms with Gasteiger partial charge in [0.05, 0.1) is 17.6 Å². The van der Waals surface area contributed by atoms with Gasteiger partial charge < -0.3 is 14.5 Å². The summed E-state index contributed by atoms with van der Waals surface area (Å²) >= 11 is 3.40. The van der Waals surface area contributed by atoms with E-state index >= 15 is 0 Å². The predicted octanol–water partition coefficient (Wildman–Crippen LogP) is 5.01. The molecule has 4 aromatic rings. The Morgan fingerprint density at radius 1 is 1.21 bits per heavy atom. The summed E-state index contributed by atoms with van der Waals surface area (Å²) in [4.78, 5) is 21.7. The Balaban J connectivity index is 1.65. The molecule has 0 aliphatic heterocycles. The number of nitrogens with one attached hydrogen (secondary N) is 1. The highest BCUT2D eigenvalue weighted by Gasteiger charge is 2.13. The predicted molar refractivity (Wildman–Crippen MR) is 118 cm³/mol. The van der Waals surface area contributed by atoms with Crippen molar-refractivity contribution in [2.24, 2.45) is 0 Å². The van der Waals surface area contributed by atoms with Gasteiger partial charge in [0.25, 0.3) is 5.91 Å².